The van der Waals surface area contributed by atoms with Gasteiger partial charge in [-0.05, 0) is 49.8 Å². The number of nitrogens with one attached hydrogen (secondary N) is 2. The van der Waals surface area contributed by atoms with Crippen molar-refractivity contribution in [3.63, 3.8) is 0 Å². The number of nitrogens with zero attached hydrogens (tertiary/aromatic N) is 1. The summed E-state index contributed by atoms with van der Waals surface area (Å²) in [6.45, 7) is 0.319. The third-order valence-electron chi connectivity index (χ3n) is 4.32. The Morgan fingerprint density at radius 3 is 2.89 bits per heavy atom. The number of fused-ring (bicyclic) bond motifs is 3. The quantitative estimate of drug-likeness (QED) is 0.686. The lowest BCUT2D eigenvalue weighted by molar-refractivity contribution is -0.116. The summed E-state index contributed by atoms with van der Waals surface area (Å²) in [5, 5.41) is 3.33. The minimum absolute atomic E-state index is 0.155. The predicted molar refractivity (Wildman–Crippen MR) is 105 cm³/mol. The summed E-state index contributed by atoms with van der Waals surface area (Å²) >= 11 is 1.44. The van der Waals surface area contributed by atoms with Crippen LogP contribution in [0.1, 0.15) is 36.1 Å². The molecule has 2 N–H and O–H groups in total. The van der Waals surface area contributed by atoms with Crippen LogP contribution in [0.15, 0.2) is 18.2 Å². The van der Waals surface area contributed by atoms with Crippen LogP contribution in [0.25, 0.3) is 11.3 Å². The van der Waals surface area contributed by atoms with Gasteiger partial charge >= 0.3 is 0 Å². The SMILES string of the molecule is CS(=O)(=O)NCCCCC(=O)Nc1nc2c(s1)CCCc1ccc(F)cc1-2. The van der Waals surface area contributed by atoms with E-state index in [1.54, 1.807) is 0 Å². The zero-order valence-electron chi connectivity index (χ0n) is 15.0. The molecule has 0 radical (unpaired) electrons. The smallest absolute Gasteiger partial charge is 0.226 e. The van der Waals surface area contributed by atoms with Gasteiger partial charge in [0, 0.05) is 23.4 Å². The fraction of sp³-hybridized carbons (Fsp3) is 0.444. The van der Waals surface area contributed by atoms with Crippen LogP contribution in [-0.4, -0.2) is 32.1 Å². The van der Waals surface area contributed by atoms with E-state index in [0.717, 1.165) is 47.2 Å². The Kier molecular flexibility index (Phi) is 6.23. The largest absolute Gasteiger partial charge is 0.302 e. The van der Waals surface area contributed by atoms with Crippen molar-refractivity contribution in [2.75, 3.05) is 18.1 Å². The number of aryl methyl sites for hydroxylation is 2. The van der Waals surface area contributed by atoms with E-state index >= 15 is 0 Å². The van der Waals surface area contributed by atoms with Gasteiger partial charge in [0.15, 0.2) is 5.13 Å². The Morgan fingerprint density at radius 1 is 1.30 bits per heavy atom. The van der Waals surface area contributed by atoms with E-state index in [0.29, 0.717) is 30.9 Å². The summed E-state index contributed by atoms with van der Waals surface area (Å²) in [6, 6.07) is 4.79. The summed E-state index contributed by atoms with van der Waals surface area (Å²) in [4.78, 5) is 17.7. The zero-order chi connectivity index (χ0) is 19.4. The van der Waals surface area contributed by atoms with E-state index in [-0.39, 0.29) is 11.7 Å². The molecule has 1 aliphatic carbocycles. The van der Waals surface area contributed by atoms with Crippen LogP contribution in [0.5, 0.6) is 0 Å². The summed E-state index contributed by atoms with van der Waals surface area (Å²) in [5.74, 6) is -0.444. The topological polar surface area (TPSA) is 88.2 Å². The van der Waals surface area contributed by atoms with E-state index in [1.807, 2.05) is 6.07 Å². The second-order valence-corrected chi connectivity index (χ2v) is 9.53. The monoisotopic (exact) mass is 411 g/mol. The molecular weight excluding hydrogens is 389 g/mol. The molecule has 1 heterocycles. The average Bonchev–Trinajstić information content (AvgIpc) is 2.89. The number of carbonyl (C=O) groups is 1. The first-order chi connectivity index (χ1) is 12.8. The third-order valence-corrected chi connectivity index (χ3v) is 6.07. The molecule has 27 heavy (non-hydrogen) atoms. The van der Waals surface area contributed by atoms with Crippen molar-refractivity contribution >= 4 is 32.4 Å². The second kappa shape index (κ2) is 8.45. The number of carbonyl (C=O) groups excluding carboxylic acids is 1. The van der Waals surface area contributed by atoms with E-state index in [4.69, 9.17) is 0 Å². The number of rotatable bonds is 7. The third kappa shape index (κ3) is 5.57. The van der Waals surface area contributed by atoms with Gasteiger partial charge in [-0.1, -0.05) is 6.07 Å². The van der Waals surface area contributed by atoms with E-state index in [2.05, 4.69) is 15.0 Å². The number of hydrogen-bond acceptors (Lipinski definition) is 5. The van der Waals surface area contributed by atoms with E-state index < -0.39 is 10.0 Å². The molecule has 6 nitrogen and oxygen atoms in total. The average molecular weight is 412 g/mol. The van der Waals surface area contributed by atoms with Gasteiger partial charge in [0.25, 0.3) is 0 Å². The van der Waals surface area contributed by atoms with Crippen molar-refractivity contribution < 1.29 is 17.6 Å². The molecule has 0 spiro atoms. The van der Waals surface area contributed by atoms with Crippen LogP contribution < -0.4 is 10.0 Å². The fourth-order valence-electron chi connectivity index (χ4n) is 3.06. The number of benzene rings is 1. The van der Waals surface area contributed by atoms with Crippen LogP contribution in [0.3, 0.4) is 0 Å². The first-order valence-electron chi connectivity index (χ1n) is 8.85. The highest BCUT2D eigenvalue weighted by Crippen LogP contribution is 2.37. The lowest BCUT2D eigenvalue weighted by Crippen LogP contribution is -2.23. The predicted octanol–water partition coefficient (Wildman–Crippen LogP) is 3.10. The van der Waals surface area contributed by atoms with Crippen molar-refractivity contribution in [2.45, 2.75) is 38.5 Å². The number of aromatic nitrogens is 1. The van der Waals surface area contributed by atoms with Crippen LogP contribution in [-0.2, 0) is 27.7 Å². The summed E-state index contributed by atoms with van der Waals surface area (Å²) in [6.07, 6.45) is 5.28. The number of anilines is 1. The number of halogens is 1. The molecule has 0 saturated carbocycles. The van der Waals surface area contributed by atoms with Gasteiger partial charge in [-0.15, -0.1) is 11.3 Å². The minimum Gasteiger partial charge on any atom is -0.302 e. The maximum Gasteiger partial charge on any atom is 0.226 e. The Morgan fingerprint density at radius 2 is 2.11 bits per heavy atom. The maximum atomic E-state index is 13.7. The first-order valence-corrected chi connectivity index (χ1v) is 11.6. The molecule has 0 fully saturated rings. The summed E-state index contributed by atoms with van der Waals surface area (Å²) in [7, 11) is -3.19. The molecule has 2 aromatic rings. The molecule has 1 aliphatic rings. The minimum atomic E-state index is -3.19. The van der Waals surface area contributed by atoms with Crippen LogP contribution in [0.4, 0.5) is 9.52 Å². The molecule has 0 aliphatic heterocycles. The van der Waals surface area contributed by atoms with Gasteiger partial charge < -0.3 is 5.32 Å². The molecular formula is C18H22FN3O3S2. The van der Waals surface area contributed by atoms with Gasteiger partial charge in [-0.3, -0.25) is 4.79 Å². The summed E-state index contributed by atoms with van der Waals surface area (Å²) < 4.78 is 38.0. The van der Waals surface area contributed by atoms with E-state index in [9.17, 15) is 17.6 Å². The van der Waals surface area contributed by atoms with Crippen LogP contribution in [0.2, 0.25) is 0 Å². The normalized spacial score (nSPS) is 13.6. The molecule has 0 saturated heterocycles. The van der Waals surface area contributed by atoms with E-state index in [1.165, 1.54) is 23.5 Å². The Labute approximate surface area is 162 Å². The van der Waals surface area contributed by atoms with Crippen molar-refractivity contribution in [2.24, 2.45) is 0 Å². The lowest BCUT2D eigenvalue weighted by Gasteiger charge is -2.05. The second-order valence-electron chi connectivity index (χ2n) is 6.62. The number of hydrogen-bond donors (Lipinski definition) is 2. The highest BCUT2D eigenvalue weighted by molar-refractivity contribution is 7.88. The van der Waals surface area contributed by atoms with Gasteiger partial charge in [0.2, 0.25) is 15.9 Å². The molecule has 3 rings (SSSR count). The Balaban J connectivity index is 1.60. The molecule has 0 atom stereocenters. The Bertz CT molecular complexity index is 941. The molecule has 9 heteroatoms. The van der Waals surface area contributed by atoms with Crippen molar-refractivity contribution in [1.82, 2.24) is 9.71 Å². The van der Waals surface area contributed by atoms with Crippen molar-refractivity contribution in [1.29, 1.82) is 0 Å². The highest BCUT2D eigenvalue weighted by atomic mass is 32.2. The van der Waals surface area contributed by atoms with Gasteiger partial charge in [0.1, 0.15) is 5.82 Å². The molecule has 1 amide bonds. The van der Waals surface area contributed by atoms with Gasteiger partial charge in [-0.25, -0.2) is 22.5 Å². The molecule has 0 bridgehead atoms. The zero-order valence-corrected chi connectivity index (χ0v) is 16.7. The maximum absolute atomic E-state index is 13.7. The van der Waals surface area contributed by atoms with Crippen molar-refractivity contribution in [3.8, 4) is 11.3 Å². The molecule has 1 aromatic carbocycles. The van der Waals surface area contributed by atoms with Crippen LogP contribution >= 0.6 is 11.3 Å². The van der Waals surface area contributed by atoms with Gasteiger partial charge in [0.05, 0.1) is 11.9 Å². The summed E-state index contributed by atoms with van der Waals surface area (Å²) in [5.41, 5.74) is 2.66. The Hall–Kier alpha value is -1.84. The standard InChI is InChI=1S/C18H22FN3O3S2/c1-27(24,25)20-10-3-2-7-16(23)21-18-22-17-14-11-13(19)9-8-12(14)5-4-6-15(17)26-18/h8-9,11,20H,2-7,10H2,1H3,(H,21,22,23). The van der Waals surface area contributed by atoms with Crippen LogP contribution in [0, 0.1) is 5.82 Å². The fourth-order valence-corrected chi connectivity index (χ4v) is 4.61. The number of unbranched alkanes of at least 4 members (excludes halogenated alkanes) is 1. The lowest BCUT2D eigenvalue weighted by atomic mass is 10.0. The number of amides is 1. The van der Waals surface area contributed by atoms with Gasteiger partial charge in [-0.2, -0.15) is 0 Å². The highest BCUT2D eigenvalue weighted by Gasteiger charge is 2.20. The molecule has 1 aromatic heterocycles. The molecule has 146 valence electrons. The van der Waals surface area contributed by atoms with Crippen molar-refractivity contribution in [3.05, 3.63) is 34.5 Å². The first kappa shape index (κ1) is 19.9. The number of sulfonamides is 1. The number of thiazole rings is 1. The molecule has 0 unspecified atom stereocenters.